The average molecular weight is 280 g/mol. The number of H-pyrrole nitrogens is 1. The molecule has 4 nitrogen and oxygen atoms in total. The quantitative estimate of drug-likeness (QED) is 0.758. The highest BCUT2D eigenvalue weighted by atomic mass is 16.3. The molecule has 3 aromatic rings. The molecule has 0 amide bonds. The molecule has 4 rings (SSSR count). The van der Waals surface area contributed by atoms with E-state index in [0.717, 1.165) is 35.4 Å². The Morgan fingerprint density at radius 1 is 1.14 bits per heavy atom. The van der Waals surface area contributed by atoms with Crippen LogP contribution in [0.15, 0.2) is 47.4 Å². The fourth-order valence-corrected chi connectivity index (χ4v) is 2.77. The fraction of sp³-hybridized carbons (Fsp3) is 0.235. The molecule has 1 fully saturated rings. The summed E-state index contributed by atoms with van der Waals surface area (Å²) in [7, 11) is 0. The van der Waals surface area contributed by atoms with Crippen LogP contribution >= 0.6 is 0 Å². The summed E-state index contributed by atoms with van der Waals surface area (Å²) in [6, 6.07) is 11.5. The average Bonchev–Trinajstić information content (AvgIpc) is 3.13. The SMILES string of the molecule is Cc1ccc2c(=O)[nH]c(-c3ccc(C4(O)CC4)cc3)cn12. The van der Waals surface area contributed by atoms with Crippen molar-refractivity contribution in [3.05, 3.63) is 64.2 Å². The Balaban J connectivity index is 1.82. The van der Waals surface area contributed by atoms with Crippen LogP contribution in [0.3, 0.4) is 0 Å². The lowest BCUT2D eigenvalue weighted by molar-refractivity contribution is 0.151. The van der Waals surface area contributed by atoms with Crippen LogP contribution in [0.4, 0.5) is 0 Å². The summed E-state index contributed by atoms with van der Waals surface area (Å²) in [5.41, 5.74) is 3.64. The number of fused-ring (bicyclic) bond motifs is 1. The molecule has 2 heterocycles. The smallest absolute Gasteiger partial charge is 0.272 e. The number of aryl methyl sites for hydroxylation is 1. The van der Waals surface area contributed by atoms with E-state index in [2.05, 4.69) is 4.98 Å². The summed E-state index contributed by atoms with van der Waals surface area (Å²) in [4.78, 5) is 15.0. The van der Waals surface area contributed by atoms with Gasteiger partial charge in [0.2, 0.25) is 0 Å². The summed E-state index contributed by atoms with van der Waals surface area (Å²) in [6.45, 7) is 1.97. The summed E-state index contributed by atoms with van der Waals surface area (Å²) in [6.07, 6.45) is 3.60. The Hall–Kier alpha value is -2.33. The first-order chi connectivity index (χ1) is 10.1. The molecular weight excluding hydrogens is 264 g/mol. The molecule has 4 heteroatoms. The lowest BCUT2D eigenvalue weighted by atomic mass is 10.0. The number of nitrogens with zero attached hydrogens (tertiary/aromatic N) is 1. The van der Waals surface area contributed by atoms with Crippen molar-refractivity contribution in [1.82, 2.24) is 9.38 Å². The number of hydrogen-bond acceptors (Lipinski definition) is 2. The van der Waals surface area contributed by atoms with Gasteiger partial charge in [0.05, 0.1) is 11.3 Å². The molecule has 0 unspecified atom stereocenters. The van der Waals surface area contributed by atoms with E-state index >= 15 is 0 Å². The zero-order valence-electron chi connectivity index (χ0n) is 11.8. The van der Waals surface area contributed by atoms with Crippen molar-refractivity contribution in [1.29, 1.82) is 0 Å². The van der Waals surface area contributed by atoms with Crippen molar-refractivity contribution in [3.63, 3.8) is 0 Å². The normalized spacial score (nSPS) is 16.3. The van der Waals surface area contributed by atoms with Crippen LogP contribution in [-0.4, -0.2) is 14.5 Å². The second-order valence-electron chi connectivity index (χ2n) is 5.84. The molecule has 0 radical (unpaired) electrons. The monoisotopic (exact) mass is 280 g/mol. The highest BCUT2D eigenvalue weighted by molar-refractivity contribution is 5.61. The Labute approximate surface area is 121 Å². The highest BCUT2D eigenvalue weighted by Gasteiger charge is 2.41. The molecule has 1 saturated carbocycles. The van der Waals surface area contributed by atoms with E-state index in [1.54, 1.807) is 0 Å². The third kappa shape index (κ3) is 1.91. The Bertz CT molecular complexity index is 883. The number of rotatable bonds is 2. The van der Waals surface area contributed by atoms with Crippen LogP contribution < -0.4 is 5.56 Å². The lowest BCUT2D eigenvalue weighted by Gasteiger charge is -2.09. The zero-order chi connectivity index (χ0) is 14.6. The second kappa shape index (κ2) is 4.09. The van der Waals surface area contributed by atoms with Crippen LogP contribution in [0.1, 0.15) is 24.1 Å². The van der Waals surface area contributed by atoms with Crippen molar-refractivity contribution in [2.24, 2.45) is 0 Å². The standard InChI is InChI=1S/C17H16N2O2/c1-11-2-7-15-16(20)18-14(10-19(11)15)12-3-5-13(6-4-12)17(21)8-9-17/h2-7,10,21H,8-9H2,1H3,(H,18,20). The van der Waals surface area contributed by atoms with Crippen molar-refractivity contribution in [2.75, 3.05) is 0 Å². The maximum Gasteiger partial charge on any atom is 0.272 e. The molecule has 0 bridgehead atoms. The summed E-state index contributed by atoms with van der Waals surface area (Å²) >= 11 is 0. The molecule has 106 valence electrons. The predicted octanol–water partition coefficient (Wildman–Crippen LogP) is 2.58. The van der Waals surface area contributed by atoms with E-state index in [0.29, 0.717) is 5.52 Å². The number of aliphatic hydroxyl groups is 1. The molecule has 2 aromatic heterocycles. The molecule has 1 aromatic carbocycles. The van der Waals surface area contributed by atoms with Crippen LogP contribution in [0.2, 0.25) is 0 Å². The van der Waals surface area contributed by atoms with Gasteiger partial charge in [-0.05, 0) is 43.0 Å². The van der Waals surface area contributed by atoms with Gasteiger partial charge < -0.3 is 14.5 Å². The number of hydrogen-bond donors (Lipinski definition) is 2. The third-order valence-electron chi connectivity index (χ3n) is 4.32. The molecule has 0 saturated heterocycles. The van der Waals surface area contributed by atoms with Crippen molar-refractivity contribution < 1.29 is 5.11 Å². The molecule has 2 N–H and O–H groups in total. The van der Waals surface area contributed by atoms with Gasteiger partial charge in [-0.2, -0.15) is 0 Å². The van der Waals surface area contributed by atoms with E-state index in [9.17, 15) is 9.90 Å². The minimum absolute atomic E-state index is 0.0921. The van der Waals surface area contributed by atoms with Gasteiger partial charge in [-0.1, -0.05) is 24.3 Å². The molecule has 1 aliphatic carbocycles. The second-order valence-corrected chi connectivity index (χ2v) is 5.84. The Morgan fingerprint density at radius 2 is 1.86 bits per heavy atom. The minimum atomic E-state index is -0.618. The minimum Gasteiger partial charge on any atom is -0.385 e. The van der Waals surface area contributed by atoms with Crippen molar-refractivity contribution in [2.45, 2.75) is 25.4 Å². The van der Waals surface area contributed by atoms with Gasteiger partial charge in [0.1, 0.15) is 5.52 Å². The first-order valence-electron chi connectivity index (χ1n) is 7.11. The maximum atomic E-state index is 12.1. The molecule has 21 heavy (non-hydrogen) atoms. The number of aromatic nitrogens is 2. The maximum absolute atomic E-state index is 12.1. The van der Waals surface area contributed by atoms with Crippen LogP contribution in [0, 0.1) is 6.92 Å². The van der Waals surface area contributed by atoms with Crippen molar-refractivity contribution in [3.8, 4) is 11.3 Å². The topological polar surface area (TPSA) is 57.5 Å². The summed E-state index contributed by atoms with van der Waals surface area (Å²) in [5, 5.41) is 10.1. The van der Waals surface area contributed by atoms with Crippen LogP contribution in [-0.2, 0) is 5.60 Å². The molecular formula is C17H16N2O2. The number of nitrogens with one attached hydrogen (secondary N) is 1. The Morgan fingerprint density at radius 3 is 2.52 bits per heavy atom. The molecule has 1 aliphatic rings. The van der Waals surface area contributed by atoms with E-state index in [1.807, 2.05) is 53.9 Å². The van der Waals surface area contributed by atoms with Gasteiger partial charge in [-0.25, -0.2) is 0 Å². The number of aromatic amines is 1. The van der Waals surface area contributed by atoms with E-state index in [1.165, 1.54) is 0 Å². The van der Waals surface area contributed by atoms with Crippen molar-refractivity contribution >= 4 is 5.52 Å². The molecule has 0 atom stereocenters. The van der Waals surface area contributed by atoms with Crippen LogP contribution in [0.5, 0.6) is 0 Å². The van der Waals surface area contributed by atoms with E-state index in [-0.39, 0.29) is 5.56 Å². The Kier molecular flexibility index (Phi) is 2.41. The van der Waals surface area contributed by atoms with Gasteiger partial charge in [-0.15, -0.1) is 0 Å². The largest absolute Gasteiger partial charge is 0.385 e. The molecule has 0 spiro atoms. The fourth-order valence-electron chi connectivity index (χ4n) is 2.77. The van der Waals surface area contributed by atoms with E-state index < -0.39 is 5.60 Å². The first kappa shape index (κ1) is 12.4. The summed E-state index contributed by atoms with van der Waals surface area (Å²) < 4.78 is 1.90. The number of benzene rings is 1. The van der Waals surface area contributed by atoms with Gasteiger partial charge in [0.25, 0.3) is 5.56 Å². The predicted molar refractivity (Wildman–Crippen MR) is 81.3 cm³/mol. The molecule has 0 aliphatic heterocycles. The van der Waals surface area contributed by atoms with E-state index in [4.69, 9.17) is 0 Å². The van der Waals surface area contributed by atoms with Gasteiger partial charge in [-0.3, -0.25) is 4.79 Å². The van der Waals surface area contributed by atoms with Gasteiger partial charge in [0.15, 0.2) is 0 Å². The first-order valence-corrected chi connectivity index (χ1v) is 7.11. The third-order valence-corrected chi connectivity index (χ3v) is 4.32. The van der Waals surface area contributed by atoms with Crippen LogP contribution in [0.25, 0.3) is 16.8 Å². The highest BCUT2D eigenvalue weighted by Crippen LogP contribution is 2.45. The van der Waals surface area contributed by atoms with Gasteiger partial charge in [0, 0.05) is 11.9 Å². The summed E-state index contributed by atoms with van der Waals surface area (Å²) in [5.74, 6) is 0. The zero-order valence-corrected chi connectivity index (χ0v) is 11.8. The lowest BCUT2D eigenvalue weighted by Crippen LogP contribution is -2.11. The van der Waals surface area contributed by atoms with Gasteiger partial charge >= 0.3 is 0 Å².